The maximum atomic E-state index is 13.5. The molecule has 4 heterocycles. The molecule has 1 unspecified atom stereocenters. The number of carboxylic acids is 1. The van der Waals surface area contributed by atoms with Crippen molar-refractivity contribution >= 4 is 23.6 Å². The molecule has 0 radical (unpaired) electrons. The molecule has 0 saturated carbocycles. The molecule has 2 aliphatic rings. The van der Waals surface area contributed by atoms with E-state index in [0.717, 1.165) is 43.7 Å². The predicted molar refractivity (Wildman–Crippen MR) is 126 cm³/mol. The number of anilines is 1. The third kappa shape index (κ3) is 5.35. The van der Waals surface area contributed by atoms with Gasteiger partial charge in [0.15, 0.2) is 0 Å². The molecule has 9 nitrogen and oxygen atoms in total. The Labute approximate surface area is 199 Å². The highest BCUT2D eigenvalue weighted by molar-refractivity contribution is 5.84. The number of nitrogens with zero attached hydrogens (tertiary/aromatic N) is 4. The smallest absolute Gasteiger partial charge is 0.305 e. The summed E-state index contributed by atoms with van der Waals surface area (Å²) in [5.74, 6) is -0.867. The summed E-state index contributed by atoms with van der Waals surface area (Å²) in [6, 6.07) is 6.77. The predicted octanol–water partition coefficient (Wildman–Crippen LogP) is 2.99. The van der Waals surface area contributed by atoms with E-state index in [0.29, 0.717) is 24.9 Å². The zero-order valence-corrected chi connectivity index (χ0v) is 19.4. The average molecular weight is 466 g/mol. The second-order valence-corrected chi connectivity index (χ2v) is 8.94. The molecular weight excluding hydrogens is 434 g/mol. The van der Waals surface area contributed by atoms with Crippen molar-refractivity contribution in [3.8, 4) is 0 Å². The van der Waals surface area contributed by atoms with Gasteiger partial charge in [-0.1, -0.05) is 12.1 Å². The highest BCUT2D eigenvalue weighted by Crippen LogP contribution is 2.31. The van der Waals surface area contributed by atoms with Gasteiger partial charge in [-0.05, 0) is 61.8 Å². The maximum Gasteiger partial charge on any atom is 0.305 e. The topological polar surface area (TPSA) is 116 Å². The zero-order valence-electron chi connectivity index (χ0n) is 19.4. The van der Waals surface area contributed by atoms with Crippen molar-refractivity contribution in [2.75, 3.05) is 18.4 Å². The number of aliphatic carboxylic acids is 1. The number of hydrogen-bond acceptors (Lipinski definition) is 6. The third-order valence-corrected chi connectivity index (χ3v) is 6.54. The van der Waals surface area contributed by atoms with Gasteiger partial charge < -0.3 is 10.4 Å². The van der Waals surface area contributed by atoms with Gasteiger partial charge in [0.2, 0.25) is 11.8 Å². The molecule has 0 aliphatic carbocycles. The minimum atomic E-state index is -1.05. The van der Waals surface area contributed by atoms with Gasteiger partial charge in [0, 0.05) is 44.0 Å². The van der Waals surface area contributed by atoms with Gasteiger partial charge in [0.05, 0.1) is 12.5 Å². The van der Waals surface area contributed by atoms with Crippen LogP contribution < -0.4 is 5.32 Å². The van der Waals surface area contributed by atoms with Crippen molar-refractivity contribution in [3.63, 3.8) is 0 Å². The zero-order chi connectivity index (χ0) is 24.1. The summed E-state index contributed by atoms with van der Waals surface area (Å²) in [6.07, 6.45) is 7.73. The number of pyridine rings is 2. The molecule has 0 bridgehead atoms. The number of fused-ring (bicyclic) bond motifs is 1. The SMILES string of the molecule is CC(=O)N([C@@H](CC(=O)O)c1cccnc1)N1CCCC(CCc2ccc3c(n2)NCCC3)C1=O. The van der Waals surface area contributed by atoms with Crippen LogP contribution in [0.15, 0.2) is 36.7 Å². The highest BCUT2D eigenvalue weighted by atomic mass is 16.4. The van der Waals surface area contributed by atoms with Gasteiger partial charge in [-0.2, -0.15) is 0 Å². The Kier molecular flexibility index (Phi) is 7.40. The molecule has 2 atom stereocenters. The summed E-state index contributed by atoms with van der Waals surface area (Å²) in [5, 5.41) is 15.6. The van der Waals surface area contributed by atoms with Crippen molar-refractivity contribution in [3.05, 3.63) is 53.5 Å². The first-order valence-electron chi connectivity index (χ1n) is 11.9. The normalized spacial score (nSPS) is 18.6. The van der Waals surface area contributed by atoms with E-state index in [1.165, 1.54) is 22.5 Å². The number of amides is 2. The van der Waals surface area contributed by atoms with E-state index in [4.69, 9.17) is 4.98 Å². The lowest BCUT2D eigenvalue weighted by molar-refractivity contribution is -0.177. The molecule has 2 N–H and O–H groups in total. The first kappa shape index (κ1) is 23.7. The second kappa shape index (κ2) is 10.6. The van der Waals surface area contributed by atoms with Crippen LogP contribution in [0.2, 0.25) is 0 Å². The van der Waals surface area contributed by atoms with Crippen molar-refractivity contribution < 1.29 is 19.5 Å². The number of piperidine rings is 1. The lowest BCUT2D eigenvalue weighted by Crippen LogP contribution is -2.55. The van der Waals surface area contributed by atoms with Crippen molar-refractivity contribution in [1.29, 1.82) is 0 Å². The second-order valence-electron chi connectivity index (χ2n) is 8.94. The maximum absolute atomic E-state index is 13.5. The van der Waals surface area contributed by atoms with E-state index in [-0.39, 0.29) is 24.2 Å². The lowest BCUT2D eigenvalue weighted by atomic mass is 9.92. The molecular formula is C25H31N5O4. The van der Waals surface area contributed by atoms with Crippen LogP contribution in [0.25, 0.3) is 0 Å². The average Bonchev–Trinajstić information content (AvgIpc) is 2.84. The largest absolute Gasteiger partial charge is 0.481 e. The number of nitrogens with one attached hydrogen (secondary N) is 1. The third-order valence-electron chi connectivity index (χ3n) is 6.54. The molecule has 180 valence electrons. The van der Waals surface area contributed by atoms with Crippen LogP contribution in [0.3, 0.4) is 0 Å². The molecule has 2 aromatic heterocycles. The minimum absolute atomic E-state index is 0.142. The van der Waals surface area contributed by atoms with Gasteiger partial charge in [-0.15, -0.1) is 0 Å². The Morgan fingerprint density at radius 1 is 1.29 bits per heavy atom. The van der Waals surface area contributed by atoms with E-state index in [9.17, 15) is 19.5 Å². The molecule has 34 heavy (non-hydrogen) atoms. The van der Waals surface area contributed by atoms with Crippen molar-refractivity contribution in [2.45, 2.75) is 57.9 Å². The molecule has 1 saturated heterocycles. The Balaban J connectivity index is 1.50. The van der Waals surface area contributed by atoms with Crippen molar-refractivity contribution in [1.82, 2.24) is 20.0 Å². The fraction of sp³-hybridized carbons (Fsp3) is 0.480. The summed E-state index contributed by atoms with van der Waals surface area (Å²) in [5.41, 5.74) is 2.76. The van der Waals surface area contributed by atoms with Crippen LogP contribution in [0, 0.1) is 5.92 Å². The fourth-order valence-corrected chi connectivity index (χ4v) is 4.89. The summed E-state index contributed by atoms with van der Waals surface area (Å²) in [4.78, 5) is 46.6. The fourth-order valence-electron chi connectivity index (χ4n) is 4.89. The van der Waals surface area contributed by atoms with Gasteiger partial charge in [-0.25, -0.2) is 9.99 Å². The molecule has 9 heteroatoms. The summed E-state index contributed by atoms with van der Waals surface area (Å²) in [6.45, 7) is 2.67. The first-order valence-corrected chi connectivity index (χ1v) is 11.9. The van der Waals surface area contributed by atoms with Crippen LogP contribution in [0.1, 0.15) is 61.9 Å². The molecule has 0 aromatic carbocycles. The highest BCUT2D eigenvalue weighted by Gasteiger charge is 2.38. The van der Waals surface area contributed by atoms with Gasteiger partial charge in [-0.3, -0.25) is 24.4 Å². The molecule has 4 rings (SSSR count). The quantitative estimate of drug-likeness (QED) is 0.616. The number of carbonyl (C=O) groups is 3. The van der Waals surface area contributed by atoms with Gasteiger partial charge >= 0.3 is 5.97 Å². The molecule has 2 aliphatic heterocycles. The number of rotatable bonds is 8. The molecule has 0 spiro atoms. The van der Waals surface area contributed by atoms with Crippen LogP contribution >= 0.6 is 0 Å². The Morgan fingerprint density at radius 3 is 2.88 bits per heavy atom. The number of hydrogen-bond donors (Lipinski definition) is 2. The number of hydrazine groups is 1. The lowest BCUT2D eigenvalue weighted by Gasteiger charge is -2.43. The van der Waals surface area contributed by atoms with Crippen molar-refractivity contribution in [2.24, 2.45) is 5.92 Å². The number of aryl methyl sites for hydroxylation is 2. The molecule has 1 fully saturated rings. The summed E-state index contributed by atoms with van der Waals surface area (Å²) in [7, 11) is 0. The Hall–Kier alpha value is -3.49. The van der Waals surface area contributed by atoms with Gasteiger partial charge in [0.25, 0.3) is 0 Å². The number of aromatic nitrogens is 2. The monoisotopic (exact) mass is 465 g/mol. The van der Waals surface area contributed by atoms with Crippen LogP contribution in [0.5, 0.6) is 0 Å². The Morgan fingerprint density at radius 2 is 2.15 bits per heavy atom. The van der Waals surface area contributed by atoms with E-state index < -0.39 is 12.0 Å². The minimum Gasteiger partial charge on any atom is -0.481 e. The number of carbonyl (C=O) groups excluding carboxylic acids is 2. The van der Waals surface area contributed by atoms with E-state index in [1.807, 2.05) is 6.07 Å². The molecule has 2 aromatic rings. The summed E-state index contributed by atoms with van der Waals surface area (Å²) >= 11 is 0. The van der Waals surface area contributed by atoms with E-state index >= 15 is 0 Å². The first-order chi connectivity index (χ1) is 16.4. The number of carboxylic acid groups (broad SMARTS) is 1. The van der Waals surface area contributed by atoms with E-state index in [1.54, 1.807) is 24.5 Å². The van der Waals surface area contributed by atoms with Gasteiger partial charge in [0.1, 0.15) is 5.82 Å². The van der Waals surface area contributed by atoms with Crippen LogP contribution in [-0.4, -0.2) is 56.0 Å². The molecule has 2 amide bonds. The standard InChI is InChI=1S/C25H31N5O4/c1-17(31)30(22(15-23(32)33)20-6-2-12-26-16-20)29-14-4-7-19(25(29)34)9-11-21-10-8-18-5-3-13-27-24(18)28-21/h2,6,8,10,12,16,19,22H,3-5,7,9,11,13-15H2,1H3,(H,27,28)(H,32,33)/t19?,22-/m0/s1. The van der Waals surface area contributed by atoms with Crippen LogP contribution in [0.4, 0.5) is 5.82 Å². The van der Waals surface area contributed by atoms with Crippen LogP contribution in [-0.2, 0) is 27.2 Å². The van der Waals surface area contributed by atoms with E-state index in [2.05, 4.69) is 16.4 Å². The summed E-state index contributed by atoms with van der Waals surface area (Å²) < 4.78 is 0. The Bertz CT molecular complexity index is 1040.